The summed E-state index contributed by atoms with van der Waals surface area (Å²) in [6.07, 6.45) is 6.19. The van der Waals surface area contributed by atoms with Gasteiger partial charge < -0.3 is 5.73 Å². The Morgan fingerprint density at radius 3 is 3.09 bits per heavy atom. The lowest BCUT2D eigenvalue weighted by atomic mass is 10.1. The summed E-state index contributed by atoms with van der Waals surface area (Å²) in [5, 5.41) is 13.5. The highest BCUT2D eigenvalue weighted by Gasteiger charge is 1.94. The van der Waals surface area contributed by atoms with Crippen molar-refractivity contribution < 1.29 is 0 Å². The molecule has 0 aliphatic carbocycles. The second kappa shape index (κ2) is 3.75. The maximum Gasteiger partial charge on any atom is 0.0905 e. The van der Waals surface area contributed by atoms with Gasteiger partial charge in [-0.1, -0.05) is 0 Å². The first-order valence-corrected chi connectivity index (χ1v) is 3.59. The molecule has 0 saturated carbocycles. The number of nitrogens with one attached hydrogen (secondary N) is 2. The van der Waals surface area contributed by atoms with Gasteiger partial charge in [-0.2, -0.15) is 5.10 Å². The highest BCUT2D eigenvalue weighted by Crippen LogP contribution is 2.00. The first-order chi connectivity index (χ1) is 5.29. The zero-order valence-electron chi connectivity index (χ0n) is 6.30. The number of nitrogens with zero attached hydrogens (tertiary/aromatic N) is 1. The van der Waals surface area contributed by atoms with E-state index in [0.29, 0.717) is 6.42 Å². The third-order valence-electron chi connectivity index (χ3n) is 1.47. The van der Waals surface area contributed by atoms with Crippen molar-refractivity contribution in [2.24, 2.45) is 5.73 Å². The molecule has 0 radical (unpaired) electrons. The molecule has 0 amide bonds. The number of aromatic nitrogens is 2. The molecule has 0 fully saturated rings. The van der Waals surface area contributed by atoms with Gasteiger partial charge in [0.1, 0.15) is 0 Å². The number of aryl methyl sites for hydroxylation is 1. The molecule has 11 heavy (non-hydrogen) atoms. The molecule has 1 aromatic heterocycles. The maximum absolute atomic E-state index is 6.98. The smallest absolute Gasteiger partial charge is 0.0905 e. The van der Waals surface area contributed by atoms with E-state index in [1.54, 1.807) is 6.20 Å². The molecule has 0 aliphatic rings. The van der Waals surface area contributed by atoms with Gasteiger partial charge in [0.15, 0.2) is 0 Å². The fraction of sp³-hybridized carbons (Fsp3) is 0.429. The monoisotopic (exact) mass is 152 g/mol. The van der Waals surface area contributed by atoms with Crippen molar-refractivity contribution >= 4 is 5.84 Å². The second-order valence-corrected chi connectivity index (χ2v) is 2.49. The van der Waals surface area contributed by atoms with Crippen LogP contribution in [0.2, 0.25) is 0 Å². The minimum atomic E-state index is 0.258. The van der Waals surface area contributed by atoms with Crippen LogP contribution in [-0.4, -0.2) is 16.0 Å². The van der Waals surface area contributed by atoms with Crippen LogP contribution in [0.4, 0.5) is 0 Å². The Bertz CT molecular complexity index is 214. The van der Waals surface area contributed by atoms with Gasteiger partial charge in [-0.15, -0.1) is 0 Å². The summed E-state index contributed by atoms with van der Waals surface area (Å²) in [7, 11) is 0. The molecule has 60 valence electrons. The molecule has 1 rings (SSSR count). The summed E-state index contributed by atoms with van der Waals surface area (Å²) in [6, 6.07) is 0. The lowest BCUT2D eigenvalue weighted by Gasteiger charge is -1.95. The Labute approximate surface area is 65.3 Å². The fourth-order valence-corrected chi connectivity index (χ4v) is 0.897. The number of nitrogens with two attached hydrogens (primary N) is 1. The average Bonchev–Trinajstić information content (AvgIpc) is 2.39. The second-order valence-electron chi connectivity index (χ2n) is 2.49. The van der Waals surface area contributed by atoms with Crippen LogP contribution < -0.4 is 5.73 Å². The van der Waals surface area contributed by atoms with Gasteiger partial charge in [-0.25, -0.2) is 0 Å². The van der Waals surface area contributed by atoms with E-state index in [2.05, 4.69) is 10.2 Å². The molecule has 0 unspecified atom stereocenters. The van der Waals surface area contributed by atoms with Gasteiger partial charge in [0.2, 0.25) is 0 Å². The van der Waals surface area contributed by atoms with Crippen LogP contribution in [0, 0.1) is 5.41 Å². The summed E-state index contributed by atoms with van der Waals surface area (Å²) in [6.45, 7) is 0. The number of aromatic amines is 1. The van der Waals surface area contributed by atoms with Crippen molar-refractivity contribution in [2.45, 2.75) is 19.3 Å². The van der Waals surface area contributed by atoms with Gasteiger partial charge in [-0.3, -0.25) is 10.5 Å². The molecule has 1 heterocycles. The number of hydrogen-bond acceptors (Lipinski definition) is 2. The molecule has 4 heteroatoms. The van der Waals surface area contributed by atoms with Crippen LogP contribution in [-0.2, 0) is 6.42 Å². The predicted octanol–water partition coefficient (Wildman–Crippen LogP) is 0.668. The highest BCUT2D eigenvalue weighted by molar-refractivity contribution is 5.76. The lowest BCUT2D eigenvalue weighted by molar-refractivity contribution is 0.858. The third-order valence-corrected chi connectivity index (χ3v) is 1.47. The SMILES string of the molecule is N=C(N)CCCc1cn[nH]c1. The number of H-pyrrole nitrogens is 1. The highest BCUT2D eigenvalue weighted by atomic mass is 15.1. The van der Waals surface area contributed by atoms with Crippen molar-refractivity contribution in [2.75, 3.05) is 0 Å². The zero-order valence-corrected chi connectivity index (χ0v) is 6.30. The maximum atomic E-state index is 6.98. The molecule has 0 bridgehead atoms. The molecule has 0 aliphatic heterocycles. The van der Waals surface area contributed by atoms with E-state index in [0.717, 1.165) is 12.8 Å². The Balaban J connectivity index is 2.19. The Morgan fingerprint density at radius 1 is 1.73 bits per heavy atom. The molecule has 0 atom stereocenters. The van der Waals surface area contributed by atoms with Gasteiger partial charge >= 0.3 is 0 Å². The van der Waals surface area contributed by atoms with E-state index >= 15 is 0 Å². The van der Waals surface area contributed by atoms with Gasteiger partial charge in [0, 0.05) is 12.6 Å². The van der Waals surface area contributed by atoms with Crippen molar-refractivity contribution in [3.63, 3.8) is 0 Å². The normalized spacial score (nSPS) is 9.82. The Hall–Kier alpha value is -1.32. The molecule has 1 aromatic rings. The number of amidine groups is 1. The molecule has 0 saturated heterocycles. The van der Waals surface area contributed by atoms with Crippen LogP contribution in [0.5, 0.6) is 0 Å². The first kappa shape index (κ1) is 7.78. The minimum Gasteiger partial charge on any atom is -0.388 e. The standard InChI is InChI=1S/C7H12N4/c8-7(9)3-1-2-6-4-10-11-5-6/h4-5H,1-3H2,(H3,8,9)(H,10,11). The Morgan fingerprint density at radius 2 is 2.55 bits per heavy atom. The van der Waals surface area contributed by atoms with Crippen molar-refractivity contribution in [1.82, 2.24) is 10.2 Å². The van der Waals surface area contributed by atoms with Gasteiger partial charge in [0.25, 0.3) is 0 Å². The largest absolute Gasteiger partial charge is 0.388 e. The first-order valence-electron chi connectivity index (χ1n) is 3.59. The molecular weight excluding hydrogens is 140 g/mol. The van der Waals surface area contributed by atoms with Gasteiger partial charge in [-0.05, 0) is 18.4 Å². The minimum absolute atomic E-state index is 0.258. The van der Waals surface area contributed by atoms with E-state index in [1.807, 2.05) is 6.20 Å². The summed E-state index contributed by atoms with van der Waals surface area (Å²) in [5.74, 6) is 0.258. The molecule has 4 nitrogen and oxygen atoms in total. The zero-order chi connectivity index (χ0) is 8.10. The summed E-state index contributed by atoms with van der Waals surface area (Å²) in [5.41, 5.74) is 6.36. The Kier molecular flexibility index (Phi) is 2.66. The van der Waals surface area contributed by atoms with Crippen molar-refractivity contribution in [3.05, 3.63) is 18.0 Å². The van der Waals surface area contributed by atoms with E-state index in [1.165, 1.54) is 5.56 Å². The van der Waals surface area contributed by atoms with Crippen molar-refractivity contribution in [1.29, 1.82) is 5.41 Å². The third kappa shape index (κ3) is 2.84. The van der Waals surface area contributed by atoms with E-state index in [-0.39, 0.29) is 5.84 Å². The van der Waals surface area contributed by atoms with E-state index in [4.69, 9.17) is 11.1 Å². The van der Waals surface area contributed by atoms with Crippen LogP contribution in [0.1, 0.15) is 18.4 Å². The summed E-state index contributed by atoms with van der Waals surface area (Å²) < 4.78 is 0. The number of hydrogen-bond donors (Lipinski definition) is 3. The van der Waals surface area contributed by atoms with Crippen molar-refractivity contribution in [3.8, 4) is 0 Å². The predicted molar refractivity (Wildman–Crippen MR) is 43.4 cm³/mol. The molecular formula is C7H12N4. The number of rotatable bonds is 4. The van der Waals surface area contributed by atoms with E-state index in [9.17, 15) is 0 Å². The van der Waals surface area contributed by atoms with Crippen LogP contribution in [0.15, 0.2) is 12.4 Å². The summed E-state index contributed by atoms with van der Waals surface area (Å²) in [4.78, 5) is 0. The van der Waals surface area contributed by atoms with Gasteiger partial charge in [0.05, 0.1) is 12.0 Å². The van der Waals surface area contributed by atoms with Crippen LogP contribution >= 0.6 is 0 Å². The molecule has 0 aromatic carbocycles. The van der Waals surface area contributed by atoms with Crippen LogP contribution in [0.3, 0.4) is 0 Å². The average molecular weight is 152 g/mol. The molecule has 4 N–H and O–H groups in total. The van der Waals surface area contributed by atoms with Crippen LogP contribution in [0.25, 0.3) is 0 Å². The molecule has 0 spiro atoms. The lowest BCUT2D eigenvalue weighted by Crippen LogP contribution is -2.08. The van der Waals surface area contributed by atoms with E-state index < -0.39 is 0 Å². The summed E-state index contributed by atoms with van der Waals surface area (Å²) >= 11 is 0. The topological polar surface area (TPSA) is 78.6 Å². The quantitative estimate of drug-likeness (QED) is 0.438. The fourth-order valence-electron chi connectivity index (χ4n) is 0.897.